The Labute approximate surface area is 102 Å². The van der Waals surface area contributed by atoms with Crippen molar-refractivity contribution in [1.29, 1.82) is 0 Å². The molecule has 0 amide bonds. The standard InChI is InChI=1S/C16H15N/c1-2-5-14(6-3-1)9-10-15-7-4-8-16(13-15)17-11-12-17/h1-10,13H,11-12H2. The van der Waals surface area contributed by atoms with E-state index in [0.29, 0.717) is 0 Å². The zero-order chi connectivity index (χ0) is 11.5. The fraction of sp³-hybridized carbons (Fsp3) is 0.125. The molecule has 0 bridgehead atoms. The Balaban J connectivity index is 1.80. The SMILES string of the molecule is C(=Cc1cccc(N2CC2)c1)c1ccccc1. The Kier molecular flexibility index (Phi) is 2.66. The van der Waals surface area contributed by atoms with Crippen molar-refractivity contribution in [2.24, 2.45) is 0 Å². The van der Waals surface area contributed by atoms with Gasteiger partial charge in [0.1, 0.15) is 0 Å². The van der Waals surface area contributed by atoms with Gasteiger partial charge in [-0.05, 0) is 23.3 Å². The second-order valence-electron chi connectivity index (χ2n) is 4.33. The molecule has 0 spiro atoms. The summed E-state index contributed by atoms with van der Waals surface area (Å²) in [6.07, 6.45) is 4.32. The Hall–Kier alpha value is -2.02. The van der Waals surface area contributed by atoms with E-state index >= 15 is 0 Å². The van der Waals surface area contributed by atoms with Gasteiger partial charge in [-0.1, -0.05) is 54.6 Å². The Morgan fingerprint density at radius 2 is 1.47 bits per heavy atom. The van der Waals surface area contributed by atoms with Crippen LogP contribution in [-0.2, 0) is 0 Å². The molecular weight excluding hydrogens is 206 g/mol. The summed E-state index contributed by atoms with van der Waals surface area (Å²) in [6.45, 7) is 2.40. The molecule has 2 aromatic rings. The number of benzene rings is 2. The molecule has 0 unspecified atom stereocenters. The molecule has 1 saturated heterocycles. The predicted octanol–water partition coefficient (Wildman–Crippen LogP) is 3.68. The topological polar surface area (TPSA) is 3.01 Å². The van der Waals surface area contributed by atoms with Gasteiger partial charge in [-0.3, -0.25) is 0 Å². The number of hydrogen-bond acceptors (Lipinski definition) is 1. The van der Waals surface area contributed by atoms with E-state index in [0.717, 1.165) is 0 Å². The molecule has 1 fully saturated rings. The van der Waals surface area contributed by atoms with Gasteiger partial charge in [-0.25, -0.2) is 0 Å². The fourth-order valence-corrected chi connectivity index (χ4v) is 1.89. The molecule has 0 aliphatic carbocycles. The normalized spacial score (nSPS) is 14.2. The lowest BCUT2D eigenvalue weighted by atomic mass is 10.1. The van der Waals surface area contributed by atoms with Gasteiger partial charge in [0.25, 0.3) is 0 Å². The van der Waals surface area contributed by atoms with Gasteiger partial charge in [0, 0.05) is 18.8 Å². The highest BCUT2D eigenvalue weighted by Gasteiger charge is 2.17. The van der Waals surface area contributed by atoms with Gasteiger partial charge in [0.15, 0.2) is 0 Å². The maximum atomic E-state index is 2.36. The Morgan fingerprint density at radius 1 is 0.765 bits per heavy atom. The van der Waals surface area contributed by atoms with Crippen LogP contribution in [0.15, 0.2) is 54.6 Å². The summed E-state index contributed by atoms with van der Waals surface area (Å²) >= 11 is 0. The van der Waals surface area contributed by atoms with Crippen LogP contribution >= 0.6 is 0 Å². The van der Waals surface area contributed by atoms with E-state index in [-0.39, 0.29) is 0 Å². The number of hydrogen-bond donors (Lipinski definition) is 0. The summed E-state index contributed by atoms with van der Waals surface area (Å²) < 4.78 is 0. The summed E-state index contributed by atoms with van der Waals surface area (Å²) in [6, 6.07) is 19.1. The minimum absolute atomic E-state index is 1.20. The zero-order valence-electron chi connectivity index (χ0n) is 9.71. The lowest BCUT2D eigenvalue weighted by Gasteiger charge is -2.02. The second kappa shape index (κ2) is 4.46. The molecule has 84 valence electrons. The maximum Gasteiger partial charge on any atom is 0.0373 e. The van der Waals surface area contributed by atoms with E-state index < -0.39 is 0 Å². The molecule has 0 N–H and O–H groups in total. The second-order valence-corrected chi connectivity index (χ2v) is 4.33. The van der Waals surface area contributed by atoms with E-state index in [2.05, 4.69) is 65.6 Å². The van der Waals surface area contributed by atoms with Crippen molar-refractivity contribution in [3.63, 3.8) is 0 Å². The summed E-state index contributed by atoms with van der Waals surface area (Å²) in [5.74, 6) is 0. The minimum Gasteiger partial charge on any atom is -0.368 e. The molecule has 2 aromatic carbocycles. The smallest absolute Gasteiger partial charge is 0.0373 e. The number of nitrogens with zero attached hydrogens (tertiary/aromatic N) is 1. The van der Waals surface area contributed by atoms with Crippen LogP contribution in [0.25, 0.3) is 12.2 Å². The Morgan fingerprint density at radius 3 is 2.24 bits per heavy atom. The van der Waals surface area contributed by atoms with E-state index in [4.69, 9.17) is 0 Å². The summed E-state index contributed by atoms with van der Waals surface area (Å²) in [5.41, 5.74) is 3.84. The average molecular weight is 221 g/mol. The predicted molar refractivity (Wildman–Crippen MR) is 74.0 cm³/mol. The van der Waals surface area contributed by atoms with Crippen molar-refractivity contribution in [3.8, 4) is 0 Å². The van der Waals surface area contributed by atoms with Crippen molar-refractivity contribution in [2.45, 2.75) is 0 Å². The summed E-state index contributed by atoms with van der Waals surface area (Å²) in [7, 11) is 0. The highest BCUT2D eigenvalue weighted by molar-refractivity contribution is 5.71. The number of anilines is 1. The van der Waals surface area contributed by atoms with Crippen LogP contribution in [-0.4, -0.2) is 13.1 Å². The molecule has 0 saturated carbocycles. The van der Waals surface area contributed by atoms with E-state index in [1.165, 1.54) is 29.9 Å². The monoisotopic (exact) mass is 221 g/mol. The zero-order valence-corrected chi connectivity index (χ0v) is 9.71. The molecule has 1 heterocycles. The van der Waals surface area contributed by atoms with Crippen molar-refractivity contribution in [3.05, 3.63) is 65.7 Å². The summed E-state index contributed by atoms with van der Waals surface area (Å²) in [4.78, 5) is 2.36. The lowest BCUT2D eigenvalue weighted by molar-refractivity contribution is 1.39. The van der Waals surface area contributed by atoms with Crippen LogP contribution in [0, 0.1) is 0 Å². The van der Waals surface area contributed by atoms with Crippen LogP contribution in [0.3, 0.4) is 0 Å². The van der Waals surface area contributed by atoms with Crippen LogP contribution in [0.1, 0.15) is 11.1 Å². The maximum absolute atomic E-state index is 2.36. The highest BCUT2D eigenvalue weighted by Crippen LogP contribution is 2.22. The third-order valence-corrected chi connectivity index (χ3v) is 2.95. The van der Waals surface area contributed by atoms with Crippen LogP contribution in [0.4, 0.5) is 5.69 Å². The van der Waals surface area contributed by atoms with Gasteiger partial charge >= 0.3 is 0 Å². The highest BCUT2D eigenvalue weighted by atomic mass is 15.3. The van der Waals surface area contributed by atoms with Crippen LogP contribution in [0.2, 0.25) is 0 Å². The van der Waals surface area contributed by atoms with Crippen LogP contribution < -0.4 is 4.90 Å². The first-order chi connectivity index (χ1) is 8.42. The average Bonchev–Trinajstić information content (AvgIpc) is 3.22. The fourth-order valence-electron chi connectivity index (χ4n) is 1.89. The molecule has 1 aliphatic rings. The quantitative estimate of drug-likeness (QED) is 0.564. The van der Waals surface area contributed by atoms with Gasteiger partial charge < -0.3 is 4.90 Å². The van der Waals surface area contributed by atoms with Gasteiger partial charge in [-0.2, -0.15) is 0 Å². The molecule has 1 nitrogen and oxygen atoms in total. The van der Waals surface area contributed by atoms with E-state index in [9.17, 15) is 0 Å². The first-order valence-corrected chi connectivity index (χ1v) is 6.00. The van der Waals surface area contributed by atoms with Crippen molar-refractivity contribution in [2.75, 3.05) is 18.0 Å². The van der Waals surface area contributed by atoms with Crippen molar-refractivity contribution in [1.82, 2.24) is 0 Å². The molecule has 1 aliphatic heterocycles. The molecule has 17 heavy (non-hydrogen) atoms. The lowest BCUT2D eigenvalue weighted by Crippen LogP contribution is -1.89. The Bertz CT molecular complexity index is 524. The largest absolute Gasteiger partial charge is 0.368 e. The van der Waals surface area contributed by atoms with Crippen molar-refractivity contribution < 1.29 is 0 Å². The third kappa shape index (κ3) is 2.56. The molecule has 1 heteroatoms. The minimum atomic E-state index is 1.20. The first-order valence-electron chi connectivity index (χ1n) is 6.00. The molecule has 3 rings (SSSR count). The third-order valence-electron chi connectivity index (χ3n) is 2.95. The van der Waals surface area contributed by atoms with Gasteiger partial charge in [0.2, 0.25) is 0 Å². The first kappa shape index (κ1) is 10.2. The molecule has 0 atom stereocenters. The molecule has 0 aromatic heterocycles. The van der Waals surface area contributed by atoms with Crippen LogP contribution in [0.5, 0.6) is 0 Å². The molecular formula is C16H15N. The summed E-state index contributed by atoms with van der Waals surface area (Å²) in [5, 5.41) is 0. The van der Waals surface area contributed by atoms with Gasteiger partial charge in [0.05, 0.1) is 0 Å². The van der Waals surface area contributed by atoms with E-state index in [1.54, 1.807) is 0 Å². The number of rotatable bonds is 3. The van der Waals surface area contributed by atoms with E-state index in [1.807, 2.05) is 6.07 Å². The molecule has 0 radical (unpaired) electrons. The van der Waals surface area contributed by atoms with Crippen molar-refractivity contribution >= 4 is 17.8 Å². The van der Waals surface area contributed by atoms with Gasteiger partial charge in [-0.15, -0.1) is 0 Å².